The number of rotatable bonds is 7. The second-order valence-corrected chi connectivity index (χ2v) is 5.03. The van der Waals surface area contributed by atoms with Gasteiger partial charge in [0.25, 0.3) is 0 Å². The highest BCUT2D eigenvalue weighted by Crippen LogP contribution is 2.29. The third-order valence-electron chi connectivity index (χ3n) is 3.50. The quantitative estimate of drug-likeness (QED) is 0.821. The van der Waals surface area contributed by atoms with Crippen LogP contribution in [0.3, 0.4) is 0 Å². The van der Waals surface area contributed by atoms with Crippen LogP contribution in [0.25, 0.3) is 0 Å². The first-order chi connectivity index (χ1) is 11.2. The Morgan fingerprint density at radius 3 is 2.43 bits per heavy atom. The second kappa shape index (κ2) is 8.08. The lowest BCUT2D eigenvalue weighted by Crippen LogP contribution is -2.34. The normalized spacial score (nSPS) is 11.4. The smallest absolute Gasteiger partial charge is 0.246 e. The van der Waals surface area contributed by atoms with Crippen LogP contribution in [0.1, 0.15) is 13.3 Å². The van der Waals surface area contributed by atoms with E-state index in [-0.39, 0.29) is 11.9 Å². The molecule has 1 atom stereocenters. The molecular formula is C18H22N2O3. The number of nitrogens with one attached hydrogen (secondary N) is 2. The average molecular weight is 314 g/mol. The molecule has 0 unspecified atom stereocenters. The number of anilines is 2. The van der Waals surface area contributed by atoms with Crippen LogP contribution in [0.4, 0.5) is 11.4 Å². The maximum absolute atomic E-state index is 12.5. The zero-order chi connectivity index (χ0) is 16.7. The van der Waals surface area contributed by atoms with Gasteiger partial charge in [-0.2, -0.15) is 0 Å². The molecule has 2 N–H and O–H groups in total. The van der Waals surface area contributed by atoms with E-state index < -0.39 is 0 Å². The van der Waals surface area contributed by atoms with Crippen molar-refractivity contribution in [1.29, 1.82) is 0 Å². The van der Waals surface area contributed by atoms with Crippen molar-refractivity contribution in [3.63, 3.8) is 0 Å². The van der Waals surface area contributed by atoms with Crippen molar-refractivity contribution in [3.05, 3.63) is 48.5 Å². The Hall–Kier alpha value is -2.69. The van der Waals surface area contributed by atoms with E-state index in [2.05, 4.69) is 10.6 Å². The monoisotopic (exact) mass is 314 g/mol. The van der Waals surface area contributed by atoms with E-state index in [4.69, 9.17) is 9.47 Å². The molecule has 0 spiro atoms. The molecule has 0 aliphatic rings. The first-order valence-electron chi connectivity index (χ1n) is 7.52. The lowest BCUT2D eigenvalue weighted by molar-refractivity contribution is -0.116. The van der Waals surface area contributed by atoms with Gasteiger partial charge >= 0.3 is 0 Å². The topological polar surface area (TPSA) is 59.6 Å². The average Bonchev–Trinajstić information content (AvgIpc) is 2.60. The van der Waals surface area contributed by atoms with Gasteiger partial charge in [0.2, 0.25) is 5.91 Å². The van der Waals surface area contributed by atoms with E-state index in [9.17, 15) is 4.79 Å². The Bertz CT molecular complexity index is 644. The summed E-state index contributed by atoms with van der Waals surface area (Å²) in [5, 5.41) is 6.13. The maximum Gasteiger partial charge on any atom is 0.246 e. The molecule has 0 heterocycles. The van der Waals surface area contributed by atoms with Gasteiger partial charge in [-0.05, 0) is 30.7 Å². The van der Waals surface area contributed by atoms with Crippen LogP contribution in [0.2, 0.25) is 0 Å². The fraction of sp³-hybridized carbons (Fsp3) is 0.278. The first-order valence-corrected chi connectivity index (χ1v) is 7.52. The number of ether oxygens (including phenoxy) is 2. The van der Waals surface area contributed by atoms with Gasteiger partial charge in [-0.1, -0.05) is 25.1 Å². The van der Waals surface area contributed by atoms with E-state index >= 15 is 0 Å². The number of carbonyl (C=O) groups is 1. The van der Waals surface area contributed by atoms with Gasteiger partial charge in [0.1, 0.15) is 17.5 Å². The fourth-order valence-corrected chi connectivity index (χ4v) is 2.22. The SMILES string of the molecule is CC[C@H](Nc1cc(OC)ccc1OC)C(=O)Nc1ccccc1. The number of amides is 1. The van der Waals surface area contributed by atoms with Crippen LogP contribution in [-0.2, 0) is 4.79 Å². The Labute approximate surface area is 136 Å². The summed E-state index contributed by atoms with van der Waals surface area (Å²) in [4.78, 5) is 12.5. The van der Waals surface area contributed by atoms with E-state index in [1.807, 2.05) is 55.5 Å². The third-order valence-corrected chi connectivity index (χ3v) is 3.50. The molecule has 0 saturated carbocycles. The van der Waals surface area contributed by atoms with Crippen molar-refractivity contribution in [3.8, 4) is 11.5 Å². The van der Waals surface area contributed by atoms with Crippen LogP contribution in [0.5, 0.6) is 11.5 Å². The first kappa shape index (κ1) is 16.7. The molecule has 0 radical (unpaired) electrons. The minimum atomic E-state index is -0.379. The van der Waals surface area contributed by atoms with Crippen molar-refractivity contribution in [1.82, 2.24) is 0 Å². The molecule has 0 aliphatic heterocycles. The largest absolute Gasteiger partial charge is 0.497 e. The van der Waals surface area contributed by atoms with Crippen LogP contribution in [-0.4, -0.2) is 26.2 Å². The molecule has 1 amide bonds. The molecule has 0 bridgehead atoms. The molecule has 0 fully saturated rings. The van der Waals surface area contributed by atoms with E-state index in [1.54, 1.807) is 14.2 Å². The molecule has 5 nitrogen and oxygen atoms in total. The molecule has 2 aromatic rings. The van der Waals surface area contributed by atoms with Gasteiger partial charge in [0.15, 0.2) is 0 Å². The Morgan fingerprint density at radius 2 is 1.83 bits per heavy atom. The molecule has 0 saturated heterocycles. The minimum absolute atomic E-state index is 0.0939. The van der Waals surface area contributed by atoms with Gasteiger partial charge in [-0.15, -0.1) is 0 Å². The molecule has 2 aromatic carbocycles. The zero-order valence-electron chi connectivity index (χ0n) is 13.6. The summed E-state index contributed by atoms with van der Waals surface area (Å²) >= 11 is 0. The van der Waals surface area contributed by atoms with E-state index in [0.717, 1.165) is 11.4 Å². The molecule has 0 aliphatic carbocycles. The lowest BCUT2D eigenvalue weighted by Gasteiger charge is -2.20. The number of carbonyl (C=O) groups excluding carboxylic acids is 1. The summed E-state index contributed by atoms with van der Waals surface area (Å²) in [6.07, 6.45) is 0.638. The summed E-state index contributed by atoms with van der Waals surface area (Å²) < 4.78 is 10.6. The predicted molar refractivity (Wildman–Crippen MR) is 92.3 cm³/mol. The molecule has 2 rings (SSSR count). The summed E-state index contributed by atoms with van der Waals surface area (Å²) in [6, 6.07) is 14.5. The van der Waals surface area contributed by atoms with Crippen LogP contribution in [0, 0.1) is 0 Å². The van der Waals surface area contributed by atoms with Gasteiger partial charge in [-0.25, -0.2) is 0 Å². The molecule has 0 aromatic heterocycles. The van der Waals surface area contributed by atoms with Gasteiger partial charge < -0.3 is 20.1 Å². The third kappa shape index (κ3) is 4.39. The van der Waals surface area contributed by atoms with Crippen molar-refractivity contribution in [2.45, 2.75) is 19.4 Å². The van der Waals surface area contributed by atoms with Crippen LogP contribution >= 0.6 is 0 Å². The number of para-hydroxylation sites is 1. The van der Waals surface area contributed by atoms with Crippen LogP contribution < -0.4 is 20.1 Å². The zero-order valence-corrected chi connectivity index (χ0v) is 13.6. The van der Waals surface area contributed by atoms with Crippen molar-refractivity contribution in [2.75, 3.05) is 24.9 Å². The number of hydrogen-bond donors (Lipinski definition) is 2. The minimum Gasteiger partial charge on any atom is -0.497 e. The molecule has 122 valence electrons. The Balaban J connectivity index is 2.14. The molecular weight excluding hydrogens is 292 g/mol. The summed E-state index contributed by atoms with van der Waals surface area (Å²) in [5.74, 6) is 1.27. The number of hydrogen-bond acceptors (Lipinski definition) is 4. The highest BCUT2D eigenvalue weighted by atomic mass is 16.5. The Kier molecular flexibility index (Phi) is 5.86. The van der Waals surface area contributed by atoms with E-state index in [0.29, 0.717) is 17.9 Å². The van der Waals surface area contributed by atoms with Gasteiger partial charge in [-0.3, -0.25) is 4.79 Å². The van der Waals surface area contributed by atoms with Crippen molar-refractivity contribution in [2.24, 2.45) is 0 Å². The van der Waals surface area contributed by atoms with E-state index in [1.165, 1.54) is 0 Å². The standard InChI is InChI=1S/C18H22N2O3/c1-4-15(18(21)19-13-8-6-5-7-9-13)20-16-12-14(22-2)10-11-17(16)23-3/h5-12,15,20H,4H2,1-3H3,(H,19,21)/t15-/m0/s1. The highest BCUT2D eigenvalue weighted by molar-refractivity contribution is 5.96. The maximum atomic E-state index is 12.5. The predicted octanol–water partition coefficient (Wildman–Crippen LogP) is 3.53. The highest BCUT2D eigenvalue weighted by Gasteiger charge is 2.18. The number of benzene rings is 2. The van der Waals surface area contributed by atoms with Crippen molar-refractivity contribution >= 4 is 17.3 Å². The summed E-state index contributed by atoms with van der Waals surface area (Å²) in [6.45, 7) is 1.95. The summed E-state index contributed by atoms with van der Waals surface area (Å²) in [5.41, 5.74) is 1.50. The summed E-state index contributed by atoms with van der Waals surface area (Å²) in [7, 11) is 3.20. The fourth-order valence-electron chi connectivity index (χ4n) is 2.22. The number of methoxy groups -OCH3 is 2. The second-order valence-electron chi connectivity index (χ2n) is 5.03. The Morgan fingerprint density at radius 1 is 1.09 bits per heavy atom. The van der Waals surface area contributed by atoms with Gasteiger partial charge in [0, 0.05) is 11.8 Å². The van der Waals surface area contributed by atoms with Crippen LogP contribution in [0.15, 0.2) is 48.5 Å². The lowest BCUT2D eigenvalue weighted by atomic mass is 10.1. The van der Waals surface area contributed by atoms with Crippen molar-refractivity contribution < 1.29 is 14.3 Å². The van der Waals surface area contributed by atoms with Gasteiger partial charge in [0.05, 0.1) is 19.9 Å². The molecule has 5 heteroatoms. The molecule has 23 heavy (non-hydrogen) atoms.